The number of thiophene rings is 1. The minimum atomic E-state index is -0.348. The number of hydrogen-bond donors (Lipinski definition) is 1. The molecule has 0 bridgehead atoms. The molecule has 0 aliphatic heterocycles. The molecular weight excluding hydrogens is 332 g/mol. The molecule has 1 atom stereocenters. The highest BCUT2D eigenvalue weighted by Crippen LogP contribution is 2.26. The Labute approximate surface area is 123 Å². The van der Waals surface area contributed by atoms with E-state index in [4.69, 9.17) is 11.6 Å². The third kappa shape index (κ3) is 3.33. The van der Waals surface area contributed by atoms with Gasteiger partial charge in [0, 0.05) is 20.9 Å². The molecule has 1 heterocycles. The van der Waals surface area contributed by atoms with Gasteiger partial charge >= 0.3 is 0 Å². The number of nitrogens with zero attached hydrogens (tertiary/aromatic N) is 1. The van der Waals surface area contributed by atoms with E-state index in [1.165, 1.54) is 4.88 Å². The molecule has 18 heavy (non-hydrogen) atoms. The van der Waals surface area contributed by atoms with Gasteiger partial charge in [-0.15, -0.1) is 11.3 Å². The summed E-state index contributed by atoms with van der Waals surface area (Å²) in [6, 6.07) is 11.4. The molecule has 2 aromatic rings. The normalized spacial score (nSPS) is 12.1. The first kappa shape index (κ1) is 13.6. The molecule has 2 rings (SSSR count). The SMILES string of the molecule is N#CC(NCc1cccs1)c1ccc(Cl)cc1Br. The lowest BCUT2D eigenvalue weighted by molar-refractivity contribution is 0.634. The minimum absolute atomic E-state index is 0.348. The number of halogens is 2. The maximum Gasteiger partial charge on any atom is 0.122 e. The molecule has 0 saturated carbocycles. The monoisotopic (exact) mass is 340 g/mol. The van der Waals surface area contributed by atoms with Crippen LogP contribution in [-0.2, 0) is 6.54 Å². The standard InChI is InChI=1S/C13H10BrClN2S/c14-12-6-9(15)3-4-11(12)13(7-16)17-8-10-2-1-5-18-10/h1-6,13,17H,8H2. The molecule has 0 radical (unpaired) electrons. The van der Waals surface area contributed by atoms with Crippen molar-refractivity contribution in [3.05, 3.63) is 55.6 Å². The van der Waals surface area contributed by atoms with Gasteiger partial charge in [0.05, 0.1) is 6.07 Å². The van der Waals surface area contributed by atoms with Crippen LogP contribution in [0.1, 0.15) is 16.5 Å². The zero-order valence-corrected chi connectivity index (χ0v) is 12.5. The van der Waals surface area contributed by atoms with Gasteiger partial charge in [-0.2, -0.15) is 5.26 Å². The van der Waals surface area contributed by atoms with E-state index in [0.717, 1.165) is 10.0 Å². The molecule has 1 aromatic carbocycles. The Bertz CT molecular complexity index is 563. The molecule has 5 heteroatoms. The van der Waals surface area contributed by atoms with E-state index in [-0.39, 0.29) is 6.04 Å². The lowest BCUT2D eigenvalue weighted by atomic mass is 10.1. The number of nitriles is 1. The third-order valence-corrected chi connectivity index (χ3v) is 4.26. The maximum absolute atomic E-state index is 9.24. The van der Waals surface area contributed by atoms with E-state index in [0.29, 0.717) is 11.6 Å². The van der Waals surface area contributed by atoms with Gasteiger partial charge in [0.1, 0.15) is 6.04 Å². The van der Waals surface area contributed by atoms with E-state index in [1.807, 2.05) is 23.6 Å². The Morgan fingerprint density at radius 1 is 1.44 bits per heavy atom. The van der Waals surface area contributed by atoms with E-state index in [9.17, 15) is 5.26 Å². The van der Waals surface area contributed by atoms with Crippen molar-refractivity contribution >= 4 is 38.9 Å². The Hall–Kier alpha value is -0.860. The zero-order chi connectivity index (χ0) is 13.0. The molecule has 0 amide bonds. The fourth-order valence-electron chi connectivity index (χ4n) is 1.58. The average Bonchev–Trinajstić information content (AvgIpc) is 2.85. The van der Waals surface area contributed by atoms with Crippen LogP contribution >= 0.6 is 38.9 Å². The van der Waals surface area contributed by atoms with Gasteiger partial charge in [-0.25, -0.2) is 0 Å². The first-order valence-electron chi connectivity index (χ1n) is 5.31. The van der Waals surface area contributed by atoms with Crippen molar-refractivity contribution in [1.29, 1.82) is 5.26 Å². The highest BCUT2D eigenvalue weighted by atomic mass is 79.9. The van der Waals surface area contributed by atoms with Crippen LogP contribution in [0.3, 0.4) is 0 Å². The predicted molar refractivity (Wildman–Crippen MR) is 78.7 cm³/mol. The van der Waals surface area contributed by atoms with Crippen LogP contribution in [0.15, 0.2) is 40.2 Å². The van der Waals surface area contributed by atoms with E-state index in [2.05, 4.69) is 27.3 Å². The molecule has 1 aromatic heterocycles. The molecular formula is C13H10BrClN2S. The van der Waals surface area contributed by atoms with Crippen molar-refractivity contribution in [1.82, 2.24) is 5.32 Å². The zero-order valence-electron chi connectivity index (χ0n) is 9.36. The third-order valence-electron chi connectivity index (χ3n) is 2.46. The summed E-state index contributed by atoms with van der Waals surface area (Å²) < 4.78 is 0.847. The van der Waals surface area contributed by atoms with E-state index in [1.54, 1.807) is 23.5 Å². The lowest BCUT2D eigenvalue weighted by Gasteiger charge is -2.13. The van der Waals surface area contributed by atoms with Gasteiger partial charge in [-0.05, 0) is 29.1 Å². The molecule has 0 fully saturated rings. The number of nitrogens with one attached hydrogen (secondary N) is 1. The van der Waals surface area contributed by atoms with Crippen molar-refractivity contribution in [2.75, 3.05) is 0 Å². The summed E-state index contributed by atoms with van der Waals surface area (Å²) in [6.45, 7) is 0.685. The summed E-state index contributed by atoms with van der Waals surface area (Å²) in [4.78, 5) is 1.21. The fourth-order valence-corrected chi connectivity index (χ4v) is 3.14. The summed E-state index contributed by atoms with van der Waals surface area (Å²) in [5.41, 5.74) is 0.901. The van der Waals surface area contributed by atoms with Gasteiger partial charge in [-0.3, -0.25) is 5.32 Å². The summed E-state index contributed by atoms with van der Waals surface area (Å²) in [7, 11) is 0. The first-order valence-corrected chi connectivity index (χ1v) is 7.36. The topological polar surface area (TPSA) is 35.8 Å². The van der Waals surface area contributed by atoms with Crippen LogP contribution in [-0.4, -0.2) is 0 Å². The Balaban J connectivity index is 2.11. The van der Waals surface area contributed by atoms with E-state index < -0.39 is 0 Å². The highest BCUT2D eigenvalue weighted by Gasteiger charge is 2.13. The predicted octanol–water partition coefficient (Wildman–Crippen LogP) is 4.52. The summed E-state index contributed by atoms with van der Waals surface area (Å²) in [6.07, 6.45) is 0. The van der Waals surface area contributed by atoms with Crippen LogP contribution in [0.2, 0.25) is 5.02 Å². The van der Waals surface area contributed by atoms with Crippen molar-refractivity contribution in [2.45, 2.75) is 12.6 Å². The summed E-state index contributed by atoms with van der Waals surface area (Å²) in [5.74, 6) is 0. The summed E-state index contributed by atoms with van der Waals surface area (Å²) in [5, 5.41) is 15.1. The average molecular weight is 342 g/mol. The second-order valence-electron chi connectivity index (χ2n) is 3.69. The van der Waals surface area contributed by atoms with Crippen molar-refractivity contribution in [3.8, 4) is 6.07 Å². The first-order chi connectivity index (χ1) is 8.70. The highest BCUT2D eigenvalue weighted by molar-refractivity contribution is 9.10. The minimum Gasteiger partial charge on any atom is -0.293 e. The van der Waals surface area contributed by atoms with Crippen LogP contribution < -0.4 is 5.32 Å². The molecule has 92 valence electrons. The molecule has 1 unspecified atom stereocenters. The Morgan fingerprint density at radius 2 is 2.28 bits per heavy atom. The smallest absolute Gasteiger partial charge is 0.122 e. The van der Waals surface area contributed by atoms with Crippen molar-refractivity contribution in [2.24, 2.45) is 0 Å². The molecule has 0 saturated heterocycles. The second kappa shape index (κ2) is 6.35. The van der Waals surface area contributed by atoms with Gasteiger partial charge in [0.2, 0.25) is 0 Å². The Kier molecular flexibility index (Phi) is 4.79. The van der Waals surface area contributed by atoms with E-state index >= 15 is 0 Å². The quantitative estimate of drug-likeness (QED) is 0.887. The lowest BCUT2D eigenvalue weighted by Crippen LogP contribution is -2.19. The van der Waals surface area contributed by atoms with Crippen LogP contribution in [0.25, 0.3) is 0 Å². The number of hydrogen-bond acceptors (Lipinski definition) is 3. The van der Waals surface area contributed by atoms with Crippen LogP contribution in [0.5, 0.6) is 0 Å². The molecule has 0 spiro atoms. The largest absolute Gasteiger partial charge is 0.293 e. The van der Waals surface area contributed by atoms with Gasteiger partial charge in [-0.1, -0.05) is 39.7 Å². The Morgan fingerprint density at radius 3 is 2.89 bits per heavy atom. The maximum atomic E-state index is 9.24. The molecule has 2 nitrogen and oxygen atoms in total. The van der Waals surface area contributed by atoms with Crippen molar-refractivity contribution in [3.63, 3.8) is 0 Å². The molecule has 0 aliphatic rings. The van der Waals surface area contributed by atoms with Gasteiger partial charge in [0.25, 0.3) is 0 Å². The van der Waals surface area contributed by atoms with Crippen LogP contribution in [0.4, 0.5) is 0 Å². The summed E-state index contributed by atoms with van der Waals surface area (Å²) >= 11 is 11.0. The van der Waals surface area contributed by atoms with Crippen molar-refractivity contribution < 1.29 is 0 Å². The molecule has 1 N–H and O–H groups in total. The second-order valence-corrected chi connectivity index (χ2v) is 6.01. The van der Waals surface area contributed by atoms with Crippen LogP contribution in [0, 0.1) is 11.3 Å². The fraction of sp³-hybridized carbons (Fsp3) is 0.154. The van der Waals surface area contributed by atoms with Gasteiger partial charge < -0.3 is 0 Å². The van der Waals surface area contributed by atoms with Gasteiger partial charge in [0.15, 0.2) is 0 Å². The number of benzene rings is 1. The molecule has 0 aliphatic carbocycles. The number of rotatable bonds is 4.